The van der Waals surface area contributed by atoms with Gasteiger partial charge in [0.05, 0.1) is 10.5 Å². The Morgan fingerprint density at radius 2 is 2.00 bits per heavy atom. The fourth-order valence-electron chi connectivity index (χ4n) is 1.95. The van der Waals surface area contributed by atoms with Crippen LogP contribution in [0, 0.1) is 0 Å². The fourth-order valence-corrected chi connectivity index (χ4v) is 3.50. The zero-order valence-electron chi connectivity index (χ0n) is 10.6. The number of rotatable bonds is 4. The molecule has 4 heteroatoms. The number of thiophene rings is 1. The summed E-state index contributed by atoms with van der Waals surface area (Å²) in [6, 6.07) is 13.2. The van der Waals surface area contributed by atoms with Crippen LogP contribution in [-0.2, 0) is 6.54 Å². The normalized spacial score (nSPS) is 10.8. The standard InChI is InChI=1S/C15H14N2S2/c1-18-15-7-6-14(19-15)13-4-2-12(3-5-13)10-17-9-8-16-11-17/h2-9,11H,10H2,1H3. The topological polar surface area (TPSA) is 17.8 Å². The van der Waals surface area contributed by atoms with Crippen LogP contribution in [0.1, 0.15) is 5.56 Å². The lowest BCUT2D eigenvalue weighted by Crippen LogP contribution is -1.95. The Bertz CT molecular complexity index is 639. The van der Waals surface area contributed by atoms with Crippen LogP contribution in [0.2, 0.25) is 0 Å². The molecule has 3 aromatic rings. The number of aromatic nitrogens is 2. The maximum absolute atomic E-state index is 4.06. The Morgan fingerprint density at radius 1 is 1.16 bits per heavy atom. The first kappa shape index (κ1) is 12.5. The largest absolute Gasteiger partial charge is 0.333 e. The zero-order valence-corrected chi connectivity index (χ0v) is 12.2. The van der Waals surface area contributed by atoms with Gasteiger partial charge in [-0.1, -0.05) is 24.3 Å². The second kappa shape index (κ2) is 5.63. The molecule has 0 aliphatic heterocycles. The number of benzene rings is 1. The molecule has 0 fully saturated rings. The van der Waals surface area contributed by atoms with Crippen LogP contribution in [0.15, 0.2) is 59.3 Å². The Labute approximate surface area is 121 Å². The summed E-state index contributed by atoms with van der Waals surface area (Å²) in [6.07, 6.45) is 7.75. The lowest BCUT2D eigenvalue weighted by molar-refractivity contribution is 0.797. The van der Waals surface area contributed by atoms with Crippen molar-refractivity contribution in [3.63, 3.8) is 0 Å². The highest BCUT2D eigenvalue weighted by atomic mass is 32.2. The van der Waals surface area contributed by atoms with E-state index in [0.717, 1.165) is 6.54 Å². The van der Waals surface area contributed by atoms with E-state index in [1.807, 2.05) is 30.1 Å². The van der Waals surface area contributed by atoms with Crippen molar-refractivity contribution in [2.24, 2.45) is 0 Å². The van der Waals surface area contributed by atoms with Gasteiger partial charge >= 0.3 is 0 Å². The summed E-state index contributed by atoms with van der Waals surface area (Å²) >= 11 is 3.64. The maximum atomic E-state index is 4.06. The van der Waals surface area contributed by atoms with Gasteiger partial charge in [-0.25, -0.2) is 4.98 Å². The summed E-state index contributed by atoms with van der Waals surface area (Å²) in [6.45, 7) is 0.876. The van der Waals surface area contributed by atoms with Crippen molar-refractivity contribution in [1.82, 2.24) is 9.55 Å². The Kier molecular flexibility index (Phi) is 3.71. The minimum atomic E-state index is 0.876. The molecule has 0 saturated carbocycles. The van der Waals surface area contributed by atoms with Gasteiger partial charge in [0.25, 0.3) is 0 Å². The van der Waals surface area contributed by atoms with E-state index in [2.05, 4.69) is 52.2 Å². The molecule has 0 N–H and O–H groups in total. The first-order valence-corrected chi connectivity index (χ1v) is 8.08. The molecule has 1 aromatic carbocycles. The SMILES string of the molecule is CSc1ccc(-c2ccc(Cn3ccnc3)cc2)s1. The van der Waals surface area contributed by atoms with Crippen molar-refractivity contribution in [2.75, 3.05) is 6.26 Å². The summed E-state index contributed by atoms with van der Waals surface area (Å²) in [5, 5.41) is 0. The molecule has 0 saturated heterocycles. The highest BCUT2D eigenvalue weighted by Crippen LogP contribution is 2.32. The van der Waals surface area contributed by atoms with Crippen LogP contribution in [0.4, 0.5) is 0 Å². The number of nitrogens with zero attached hydrogens (tertiary/aromatic N) is 2. The van der Waals surface area contributed by atoms with Crippen LogP contribution in [0.25, 0.3) is 10.4 Å². The van der Waals surface area contributed by atoms with Crippen LogP contribution >= 0.6 is 23.1 Å². The van der Waals surface area contributed by atoms with Gasteiger partial charge in [-0.2, -0.15) is 0 Å². The van der Waals surface area contributed by atoms with Gasteiger partial charge in [0.2, 0.25) is 0 Å². The molecule has 0 aliphatic carbocycles. The van der Waals surface area contributed by atoms with Gasteiger partial charge in [-0.05, 0) is 29.5 Å². The van der Waals surface area contributed by atoms with E-state index in [4.69, 9.17) is 0 Å². The number of hydrogen-bond donors (Lipinski definition) is 0. The van der Waals surface area contributed by atoms with Crippen LogP contribution < -0.4 is 0 Å². The summed E-state index contributed by atoms with van der Waals surface area (Å²) in [5.74, 6) is 0. The van der Waals surface area contributed by atoms with Crippen molar-refractivity contribution >= 4 is 23.1 Å². The van der Waals surface area contributed by atoms with E-state index in [-0.39, 0.29) is 0 Å². The Hall–Kier alpha value is -1.52. The fraction of sp³-hybridized carbons (Fsp3) is 0.133. The third-order valence-electron chi connectivity index (χ3n) is 2.95. The molecular formula is C15H14N2S2. The van der Waals surface area contributed by atoms with Crippen molar-refractivity contribution in [3.05, 3.63) is 60.7 Å². The van der Waals surface area contributed by atoms with E-state index in [0.29, 0.717) is 0 Å². The molecule has 0 bridgehead atoms. The van der Waals surface area contributed by atoms with Crippen molar-refractivity contribution < 1.29 is 0 Å². The zero-order chi connectivity index (χ0) is 13.1. The van der Waals surface area contributed by atoms with E-state index in [1.54, 1.807) is 11.8 Å². The third-order valence-corrected chi connectivity index (χ3v) is 5.16. The van der Waals surface area contributed by atoms with Crippen molar-refractivity contribution in [1.29, 1.82) is 0 Å². The first-order valence-electron chi connectivity index (χ1n) is 6.04. The highest BCUT2D eigenvalue weighted by molar-refractivity contribution is 8.00. The summed E-state index contributed by atoms with van der Waals surface area (Å²) in [7, 11) is 0. The van der Waals surface area contributed by atoms with Gasteiger partial charge < -0.3 is 4.57 Å². The second-order valence-corrected chi connectivity index (χ2v) is 6.45. The van der Waals surface area contributed by atoms with Gasteiger partial charge in [-0.3, -0.25) is 0 Å². The van der Waals surface area contributed by atoms with Gasteiger partial charge in [0.15, 0.2) is 0 Å². The van der Waals surface area contributed by atoms with E-state index in [9.17, 15) is 0 Å². The minimum absolute atomic E-state index is 0.876. The van der Waals surface area contributed by atoms with Crippen LogP contribution in [0.5, 0.6) is 0 Å². The van der Waals surface area contributed by atoms with Crippen LogP contribution in [-0.4, -0.2) is 15.8 Å². The molecule has 96 valence electrons. The van der Waals surface area contributed by atoms with Crippen molar-refractivity contribution in [3.8, 4) is 10.4 Å². The smallest absolute Gasteiger partial charge is 0.0949 e. The summed E-state index contributed by atoms with van der Waals surface area (Å²) in [4.78, 5) is 5.39. The molecule has 0 unspecified atom stereocenters. The average molecular weight is 286 g/mol. The van der Waals surface area contributed by atoms with E-state index in [1.165, 1.54) is 20.2 Å². The van der Waals surface area contributed by atoms with Gasteiger partial charge in [0, 0.05) is 23.8 Å². The average Bonchev–Trinajstić information content (AvgIpc) is 3.10. The summed E-state index contributed by atoms with van der Waals surface area (Å²) < 4.78 is 3.43. The van der Waals surface area contributed by atoms with Gasteiger partial charge in [-0.15, -0.1) is 23.1 Å². The van der Waals surface area contributed by atoms with E-state index >= 15 is 0 Å². The quantitative estimate of drug-likeness (QED) is 0.662. The maximum Gasteiger partial charge on any atom is 0.0949 e. The molecule has 0 spiro atoms. The Morgan fingerprint density at radius 3 is 2.63 bits per heavy atom. The van der Waals surface area contributed by atoms with Gasteiger partial charge in [0.1, 0.15) is 0 Å². The molecule has 0 radical (unpaired) electrons. The molecule has 2 aromatic heterocycles. The highest BCUT2D eigenvalue weighted by Gasteiger charge is 2.02. The minimum Gasteiger partial charge on any atom is -0.333 e. The molecule has 2 nitrogen and oxygen atoms in total. The molecule has 3 rings (SSSR count). The molecule has 0 aliphatic rings. The van der Waals surface area contributed by atoms with E-state index < -0.39 is 0 Å². The summed E-state index contributed by atoms with van der Waals surface area (Å²) in [5.41, 5.74) is 2.59. The number of thioether (sulfide) groups is 1. The monoisotopic (exact) mass is 286 g/mol. The first-order chi connectivity index (χ1) is 9.35. The molecule has 0 atom stereocenters. The second-order valence-electron chi connectivity index (χ2n) is 4.25. The number of hydrogen-bond acceptors (Lipinski definition) is 3. The Balaban J connectivity index is 1.78. The lowest BCUT2D eigenvalue weighted by atomic mass is 10.1. The lowest BCUT2D eigenvalue weighted by Gasteiger charge is -2.04. The van der Waals surface area contributed by atoms with Crippen LogP contribution in [0.3, 0.4) is 0 Å². The molecule has 0 amide bonds. The number of imidazole rings is 1. The predicted molar refractivity (Wildman–Crippen MR) is 82.9 cm³/mol. The molecule has 2 heterocycles. The molecule has 19 heavy (non-hydrogen) atoms. The predicted octanol–water partition coefficient (Wildman–Crippen LogP) is 4.38. The molecular weight excluding hydrogens is 272 g/mol. The third kappa shape index (κ3) is 2.91. The van der Waals surface area contributed by atoms with Crippen molar-refractivity contribution in [2.45, 2.75) is 10.8 Å².